The zero-order valence-corrected chi connectivity index (χ0v) is 13.6. The molecule has 7 heteroatoms. The third kappa shape index (κ3) is 3.05. The van der Waals surface area contributed by atoms with Crippen molar-refractivity contribution < 1.29 is 9.18 Å². The molecule has 0 saturated carbocycles. The number of hydrogen-bond donors (Lipinski definition) is 0. The Hall–Kier alpha value is -2.96. The molecule has 2 aromatic heterocycles. The van der Waals surface area contributed by atoms with E-state index in [1.54, 1.807) is 35.4 Å². The Morgan fingerprint density at radius 2 is 2.08 bits per heavy atom. The second-order valence-corrected chi connectivity index (χ2v) is 6.16. The number of imidazole rings is 1. The summed E-state index contributed by atoms with van der Waals surface area (Å²) in [7, 11) is 0. The molecular formula is C18H18FN5O. The van der Waals surface area contributed by atoms with Crippen molar-refractivity contribution in [2.75, 3.05) is 13.1 Å². The van der Waals surface area contributed by atoms with Crippen molar-refractivity contribution in [3.8, 4) is 5.69 Å². The Morgan fingerprint density at radius 3 is 2.84 bits per heavy atom. The Balaban J connectivity index is 1.57. The fourth-order valence-corrected chi connectivity index (χ4v) is 3.27. The number of rotatable bonds is 3. The topological polar surface area (TPSA) is 56.0 Å². The van der Waals surface area contributed by atoms with E-state index in [4.69, 9.17) is 0 Å². The van der Waals surface area contributed by atoms with Gasteiger partial charge in [0, 0.05) is 31.2 Å². The van der Waals surface area contributed by atoms with Crippen LogP contribution in [-0.2, 0) is 0 Å². The average Bonchev–Trinajstić information content (AvgIpc) is 3.34. The van der Waals surface area contributed by atoms with Crippen molar-refractivity contribution in [1.29, 1.82) is 0 Å². The second kappa shape index (κ2) is 6.51. The summed E-state index contributed by atoms with van der Waals surface area (Å²) < 4.78 is 16.8. The largest absolute Gasteiger partial charge is 0.335 e. The minimum atomic E-state index is -0.310. The lowest BCUT2D eigenvalue weighted by Crippen LogP contribution is -2.41. The first kappa shape index (κ1) is 15.6. The van der Waals surface area contributed by atoms with Crippen LogP contribution in [0.25, 0.3) is 5.69 Å². The van der Waals surface area contributed by atoms with Gasteiger partial charge in [0.15, 0.2) is 0 Å². The third-order valence-corrected chi connectivity index (χ3v) is 4.55. The SMILES string of the molecule is O=C(c1cncn1-c1ccc(F)cc1)N1CCC[C@@H](n2cccn2)C1. The molecule has 0 spiro atoms. The summed E-state index contributed by atoms with van der Waals surface area (Å²) >= 11 is 0. The normalized spacial score (nSPS) is 17.6. The number of benzene rings is 1. The Bertz CT molecular complexity index is 856. The van der Waals surface area contributed by atoms with Crippen molar-refractivity contribution in [2.45, 2.75) is 18.9 Å². The van der Waals surface area contributed by atoms with E-state index in [0.717, 1.165) is 12.8 Å². The van der Waals surface area contributed by atoms with E-state index in [1.807, 2.05) is 21.8 Å². The van der Waals surface area contributed by atoms with Crippen LogP contribution in [0, 0.1) is 5.82 Å². The van der Waals surface area contributed by atoms with Crippen molar-refractivity contribution in [1.82, 2.24) is 24.2 Å². The van der Waals surface area contributed by atoms with Gasteiger partial charge < -0.3 is 4.90 Å². The van der Waals surface area contributed by atoms with Crippen LogP contribution >= 0.6 is 0 Å². The molecule has 128 valence electrons. The number of amides is 1. The van der Waals surface area contributed by atoms with E-state index >= 15 is 0 Å². The summed E-state index contributed by atoms with van der Waals surface area (Å²) in [5.41, 5.74) is 1.19. The van der Waals surface area contributed by atoms with Gasteiger partial charge >= 0.3 is 0 Å². The molecule has 6 nitrogen and oxygen atoms in total. The van der Waals surface area contributed by atoms with E-state index in [2.05, 4.69) is 10.1 Å². The predicted octanol–water partition coefficient (Wildman–Crippen LogP) is 2.69. The lowest BCUT2D eigenvalue weighted by Gasteiger charge is -2.33. The number of likely N-dealkylation sites (tertiary alicyclic amines) is 1. The second-order valence-electron chi connectivity index (χ2n) is 6.16. The quantitative estimate of drug-likeness (QED) is 0.737. The van der Waals surface area contributed by atoms with Gasteiger partial charge in [0.05, 0.1) is 18.6 Å². The zero-order valence-electron chi connectivity index (χ0n) is 13.6. The van der Waals surface area contributed by atoms with E-state index < -0.39 is 0 Å². The van der Waals surface area contributed by atoms with E-state index in [0.29, 0.717) is 24.5 Å². The first-order chi connectivity index (χ1) is 12.2. The van der Waals surface area contributed by atoms with Crippen LogP contribution in [0.3, 0.4) is 0 Å². The summed E-state index contributed by atoms with van der Waals surface area (Å²) in [5.74, 6) is -0.381. The van der Waals surface area contributed by atoms with Gasteiger partial charge in [-0.15, -0.1) is 0 Å². The number of aromatic nitrogens is 4. The molecule has 1 aliphatic heterocycles. The number of halogens is 1. The van der Waals surface area contributed by atoms with Gasteiger partial charge in [0.25, 0.3) is 5.91 Å². The molecule has 1 atom stereocenters. The summed E-state index contributed by atoms with van der Waals surface area (Å²) in [6, 6.07) is 8.10. The highest BCUT2D eigenvalue weighted by Gasteiger charge is 2.27. The lowest BCUT2D eigenvalue weighted by atomic mass is 10.1. The molecule has 1 aliphatic rings. The highest BCUT2D eigenvalue weighted by atomic mass is 19.1. The fourth-order valence-electron chi connectivity index (χ4n) is 3.27. The van der Waals surface area contributed by atoms with Crippen molar-refractivity contribution in [2.24, 2.45) is 0 Å². The van der Waals surface area contributed by atoms with E-state index in [9.17, 15) is 9.18 Å². The fraction of sp³-hybridized carbons (Fsp3) is 0.278. The molecule has 3 aromatic rings. The molecule has 25 heavy (non-hydrogen) atoms. The lowest BCUT2D eigenvalue weighted by molar-refractivity contribution is 0.0665. The average molecular weight is 339 g/mol. The van der Waals surface area contributed by atoms with Crippen molar-refractivity contribution in [3.63, 3.8) is 0 Å². The summed E-state index contributed by atoms with van der Waals surface area (Å²) in [6.07, 6.45) is 8.76. The molecule has 0 aliphatic carbocycles. The molecule has 1 aromatic carbocycles. The number of piperidine rings is 1. The van der Waals surface area contributed by atoms with Crippen molar-refractivity contribution >= 4 is 5.91 Å². The van der Waals surface area contributed by atoms with Gasteiger partial charge in [0.2, 0.25) is 0 Å². The van der Waals surface area contributed by atoms with Gasteiger partial charge in [-0.2, -0.15) is 5.10 Å². The van der Waals surface area contributed by atoms with Gasteiger partial charge in [-0.1, -0.05) is 0 Å². The van der Waals surface area contributed by atoms with Crippen LogP contribution in [0.1, 0.15) is 29.4 Å². The summed E-state index contributed by atoms with van der Waals surface area (Å²) in [4.78, 5) is 18.9. The van der Waals surface area contributed by atoms with Gasteiger partial charge in [-0.05, 0) is 43.2 Å². The van der Waals surface area contributed by atoms with Crippen LogP contribution in [0.15, 0.2) is 55.2 Å². The maximum atomic E-state index is 13.1. The van der Waals surface area contributed by atoms with Gasteiger partial charge in [-0.3, -0.25) is 14.0 Å². The van der Waals surface area contributed by atoms with Crippen LogP contribution in [-0.4, -0.2) is 43.2 Å². The minimum absolute atomic E-state index is 0.0707. The maximum Gasteiger partial charge on any atom is 0.272 e. The predicted molar refractivity (Wildman–Crippen MR) is 89.9 cm³/mol. The standard InChI is InChI=1S/C18H18FN5O/c19-14-4-6-15(7-5-14)23-13-20-11-17(23)18(25)22-9-1-3-16(12-22)24-10-2-8-21-24/h2,4-8,10-11,13,16H,1,3,9,12H2/t16-/m1/s1. The Labute approximate surface area is 144 Å². The van der Waals surface area contributed by atoms with E-state index in [-0.39, 0.29) is 17.8 Å². The molecule has 0 N–H and O–H groups in total. The molecule has 0 unspecified atom stereocenters. The smallest absolute Gasteiger partial charge is 0.272 e. The number of carbonyl (C=O) groups excluding carboxylic acids is 1. The molecule has 0 bridgehead atoms. The molecule has 0 radical (unpaired) electrons. The zero-order chi connectivity index (χ0) is 17.2. The number of nitrogens with zero attached hydrogens (tertiary/aromatic N) is 5. The minimum Gasteiger partial charge on any atom is -0.335 e. The summed E-state index contributed by atoms with van der Waals surface area (Å²) in [6.45, 7) is 1.33. The summed E-state index contributed by atoms with van der Waals surface area (Å²) in [5, 5.41) is 4.30. The third-order valence-electron chi connectivity index (χ3n) is 4.55. The number of hydrogen-bond acceptors (Lipinski definition) is 3. The molecule has 1 amide bonds. The van der Waals surface area contributed by atoms with Crippen LogP contribution in [0.2, 0.25) is 0 Å². The molecule has 1 fully saturated rings. The Morgan fingerprint density at radius 1 is 1.24 bits per heavy atom. The number of carbonyl (C=O) groups is 1. The maximum absolute atomic E-state index is 13.1. The Kier molecular flexibility index (Phi) is 4.05. The molecule has 1 saturated heterocycles. The van der Waals surface area contributed by atoms with Crippen molar-refractivity contribution in [3.05, 3.63) is 66.8 Å². The molecule has 4 rings (SSSR count). The van der Waals surface area contributed by atoms with Gasteiger partial charge in [-0.25, -0.2) is 9.37 Å². The van der Waals surface area contributed by atoms with Crippen LogP contribution in [0.5, 0.6) is 0 Å². The van der Waals surface area contributed by atoms with Crippen LogP contribution in [0.4, 0.5) is 4.39 Å². The van der Waals surface area contributed by atoms with E-state index in [1.165, 1.54) is 12.1 Å². The molecular weight excluding hydrogens is 321 g/mol. The monoisotopic (exact) mass is 339 g/mol. The van der Waals surface area contributed by atoms with Gasteiger partial charge in [0.1, 0.15) is 11.5 Å². The molecule has 3 heterocycles. The van der Waals surface area contributed by atoms with Crippen LogP contribution < -0.4 is 0 Å². The first-order valence-electron chi connectivity index (χ1n) is 8.29. The highest BCUT2D eigenvalue weighted by molar-refractivity contribution is 5.93. The first-order valence-corrected chi connectivity index (χ1v) is 8.29. The highest BCUT2D eigenvalue weighted by Crippen LogP contribution is 2.23.